The van der Waals surface area contributed by atoms with Gasteiger partial charge in [-0.3, -0.25) is 0 Å². The second-order valence-corrected chi connectivity index (χ2v) is 1.29. The van der Waals surface area contributed by atoms with Crippen LogP contribution in [0.15, 0.2) is 0 Å². The molecule has 0 fully saturated rings. The molecule has 0 saturated carbocycles. The third kappa shape index (κ3) is 35.5. The van der Waals surface area contributed by atoms with Gasteiger partial charge in [-0.05, 0) is 0 Å². The molecule has 3 N–H and O–H groups in total. The smallest absolute Gasteiger partial charge is 2.00 e. The van der Waals surface area contributed by atoms with Crippen LogP contribution in [-0.4, -0.2) is 58.5 Å². The Hall–Kier alpha value is 1.25. The minimum atomic E-state index is 0. The Morgan fingerprint density at radius 3 is 1.80 bits per heavy atom. The Balaban J connectivity index is 0. The predicted molar refractivity (Wildman–Crippen MR) is 23.4 cm³/mol. The molecule has 0 aromatic rings. The average Bonchev–Trinajstić information content (AvgIpc) is 0.811. The first-order valence-corrected chi connectivity index (χ1v) is 1.60. The summed E-state index contributed by atoms with van der Waals surface area (Å²) >= 11 is 2.26. The number of rotatable bonds is 0. The summed E-state index contributed by atoms with van der Waals surface area (Å²) in [5, 5.41) is 6.22. The SMILES string of the molecule is N=C(N)[Se].[Ca+2]. The van der Waals surface area contributed by atoms with Gasteiger partial charge >= 0.3 is 69.6 Å². The van der Waals surface area contributed by atoms with Crippen LogP contribution in [0, 0.1) is 5.41 Å². The Kier molecular flexibility index (Phi) is 10.0. The maximum atomic E-state index is 6.22. The molecule has 0 aromatic heterocycles. The first-order valence-electron chi connectivity index (χ1n) is 0.743. The third-order valence-electron chi connectivity index (χ3n) is 0. The van der Waals surface area contributed by atoms with Crippen LogP contribution >= 0.6 is 0 Å². The van der Waals surface area contributed by atoms with Crippen LogP contribution in [0.2, 0.25) is 0 Å². The van der Waals surface area contributed by atoms with E-state index in [0.29, 0.717) is 0 Å². The molecule has 2 nitrogen and oxygen atoms in total. The number of hydrogen-bond acceptors (Lipinski definition) is 1. The van der Waals surface area contributed by atoms with Crippen molar-refractivity contribution in [2.45, 2.75) is 0 Å². The Labute approximate surface area is 68.8 Å². The normalized spacial score (nSPS) is 4.80. The van der Waals surface area contributed by atoms with Gasteiger partial charge in [-0.2, -0.15) is 0 Å². The van der Waals surface area contributed by atoms with Crippen molar-refractivity contribution in [3.05, 3.63) is 0 Å². The standard InChI is InChI=1S/CH3N2Se.Ca/c2-1(3)4;/h(H3,2,3);/q;+2. The molecule has 0 amide bonds. The van der Waals surface area contributed by atoms with Gasteiger partial charge in [-0.25, -0.2) is 0 Å². The first-order chi connectivity index (χ1) is 1.73. The van der Waals surface area contributed by atoms with E-state index in [9.17, 15) is 0 Å². The van der Waals surface area contributed by atoms with Crippen molar-refractivity contribution in [2.75, 3.05) is 0 Å². The zero-order chi connectivity index (χ0) is 3.58. The van der Waals surface area contributed by atoms with Gasteiger partial charge in [0.2, 0.25) is 0 Å². The fraction of sp³-hybridized carbons (Fsp3) is 0. The van der Waals surface area contributed by atoms with Gasteiger partial charge in [-0.1, -0.05) is 0 Å². The Bertz CT molecular complexity index is 32.6. The van der Waals surface area contributed by atoms with Gasteiger partial charge in [0.15, 0.2) is 0 Å². The molecule has 23 valence electrons. The summed E-state index contributed by atoms with van der Waals surface area (Å²) in [6.07, 6.45) is 0. The van der Waals surface area contributed by atoms with Gasteiger partial charge in [0.1, 0.15) is 0 Å². The number of hydrogen-bond donors (Lipinski definition) is 2. The zero-order valence-electron chi connectivity index (χ0n) is 2.69. The van der Waals surface area contributed by atoms with Crippen molar-refractivity contribution < 1.29 is 0 Å². The van der Waals surface area contributed by atoms with Crippen LogP contribution < -0.4 is 5.73 Å². The van der Waals surface area contributed by atoms with Gasteiger partial charge in [0, 0.05) is 0 Å². The predicted octanol–water partition coefficient (Wildman–Crippen LogP) is -1.33. The molecule has 0 unspecified atom stereocenters. The molecule has 1 radical (unpaired) electrons. The second kappa shape index (κ2) is 5.25. The van der Waals surface area contributed by atoms with Crippen LogP contribution in [0.4, 0.5) is 0 Å². The van der Waals surface area contributed by atoms with Crippen LogP contribution in [0.3, 0.4) is 0 Å². The summed E-state index contributed by atoms with van der Waals surface area (Å²) in [4.78, 5) is 0. The summed E-state index contributed by atoms with van der Waals surface area (Å²) in [6.45, 7) is 0. The van der Waals surface area contributed by atoms with Crippen LogP contribution in [0.1, 0.15) is 0 Å². The van der Waals surface area contributed by atoms with Crippen molar-refractivity contribution in [3.63, 3.8) is 0 Å². The number of nitrogens with two attached hydrogens (primary N) is 1. The quantitative estimate of drug-likeness (QED) is 0.259. The maximum Gasteiger partial charge on any atom is 2.00 e. The van der Waals surface area contributed by atoms with Crippen LogP contribution in [-0.2, 0) is 0 Å². The van der Waals surface area contributed by atoms with E-state index in [1.165, 1.54) is 0 Å². The fourth-order valence-corrected chi connectivity index (χ4v) is 0. The summed E-state index contributed by atoms with van der Waals surface area (Å²) in [5.74, 6) is 0. The molecule has 0 aliphatic carbocycles. The summed E-state index contributed by atoms with van der Waals surface area (Å²) < 4.78 is 0.0417. The molecule has 5 heavy (non-hydrogen) atoms. The van der Waals surface area contributed by atoms with Crippen LogP contribution in [0.25, 0.3) is 0 Å². The van der Waals surface area contributed by atoms with Crippen molar-refractivity contribution >= 4 is 58.5 Å². The topological polar surface area (TPSA) is 49.9 Å². The van der Waals surface area contributed by atoms with Gasteiger partial charge in [0.25, 0.3) is 0 Å². The molecule has 0 saturated heterocycles. The van der Waals surface area contributed by atoms with E-state index in [4.69, 9.17) is 5.41 Å². The summed E-state index contributed by atoms with van der Waals surface area (Å²) in [6, 6.07) is 0. The Morgan fingerprint density at radius 2 is 1.80 bits per heavy atom. The molecular formula is CH3CaN2Se+2. The van der Waals surface area contributed by atoms with E-state index in [-0.39, 0.29) is 42.5 Å². The molecule has 0 aliphatic heterocycles. The minimum absolute atomic E-state index is 0. The minimum Gasteiger partial charge on any atom is 2.00 e. The zero-order valence-corrected chi connectivity index (χ0v) is 6.61. The maximum absolute atomic E-state index is 6.22. The largest absolute Gasteiger partial charge is 2.00 e. The van der Waals surface area contributed by atoms with Crippen LogP contribution in [0.5, 0.6) is 0 Å². The van der Waals surface area contributed by atoms with Crippen molar-refractivity contribution in [1.29, 1.82) is 5.41 Å². The molecule has 0 bridgehead atoms. The molecule has 0 aromatic carbocycles. The average molecular weight is 162 g/mol. The second-order valence-electron chi connectivity index (χ2n) is 0.364. The Morgan fingerprint density at radius 1 is 1.80 bits per heavy atom. The van der Waals surface area contributed by atoms with Gasteiger partial charge in [0.05, 0.1) is 0 Å². The molecule has 0 atom stereocenters. The molecule has 4 heteroatoms. The van der Waals surface area contributed by atoms with Gasteiger partial charge in [-0.15, -0.1) is 0 Å². The van der Waals surface area contributed by atoms with Crippen molar-refractivity contribution in [1.82, 2.24) is 0 Å². The van der Waals surface area contributed by atoms with E-state index in [1.54, 1.807) is 0 Å². The third-order valence-corrected chi connectivity index (χ3v) is 0. The van der Waals surface area contributed by atoms with Crippen molar-refractivity contribution in [2.24, 2.45) is 5.73 Å². The van der Waals surface area contributed by atoms with E-state index in [2.05, 4.69) is 21.7 Å². The van der Waals surface area contributed by atoms with E-state index in [0.717, 1.165) is 0 Å². The van der Waals surface area contributed by atoms with E-state index >= 15 is 0 Å². The summed E-state index contributed by atoms with van der Waals surface area (Å²) in [5.41, 5.74) is 4.64. The summed E-state index contributed by atoms with van der Waals surface area (Å²) in [7, 11) is 0. The molecule has 0 spiro atoms. The molecule has 0 heterocycles. The van der Waals surface area contributed by atoms with E-state index in [1.807, 2.05) is 0 Å². The first kappa shape index (κ1) is 9.54. The number of amidine groups is 1. The molecular weight excluding hydrogens is 159 g/mol. The molecule has 0 aliphatic rings. The van der Waals surface area contributed by atoms with Crippen molar-refractivity contribution in [3.8, 4) is 0 Å². The van der Waals surface area contributed by atoms with E-state index < -0.39 is 0 Å². The molecule has 0 rings (SSSR count). The van der Waals surface area contributed by atoms with Gasteiger partial charge < -0.3 is 0 Å². The fourth-order valence-electron chi connectivity index (χ4n) is 0. The number of nitrogens with one attached hydrogen (secondary N) is 1. The monoisotopic (exact) mass is 163 g/mol.